The first-order valence-electron chi connectivity index (χ1n) is 19.0. The van der Waals surface area contributed by atoms with Gasteiger partial charge in [0.1, 0.15) is 0 Å². The smallest absolute Gasteiger partial charge is 0.247 e. The average molecular weight is 658 g/mol. The zero-order valence-corrected chi connectivity index (χ0v) is 32.0. The van der Waals surface area contributed by atoms with Crippen LogP contribution in [0.1, 0.15) is 101 Å². The number of hydrogen-bond acceptors (Lipinski definition) is 1. The fourth-order valence-corrected chi connectivity index (χ4v) is 9.20. The van der Waals surface area contributed by atoms with Gasteiger partial charge >= 0.3 is 0 Å². The highest BCUT2D eigenvalue weighted by Gasteiger charge is 2.38. The van der Waals surface area contributed by atoms with Crippen LogP contribution in [0.3, 0.4) is 0 Å². The molecule has 7 aromatic rings. The Morgan fingerprint density at radius 2 is 0.940 bits per heavy atom. The van der Waals surface area contributed by atoms with E-state index in [0.717, 1.165) is 13.1 Å². The zero-order chi connectivity index (χ0) is 35.3. The Labute approximate surface area is 299 Å². The molecule has 5 aromatic carbocycles. The van der Waals surface area contributed by atoms with Crippen LogP contribution >= 0.6 is 0 Å². The first-order chi connectivity index (χ1) is 23.9. The predicted molar refractivity (Wildman–Crippen MR) is 221 cm³/mol. The summed E-state index contributed by atoms with van der Waals surface area (Å²) in [4.78, 5) is 2.50. The molecule has 0 aliphatic carbocycles. The van der Waals surface area contributed by atoms with Crippen molar-refractivity contribution in [3.63, 3.8) is 0 Å². The molecule has 0 unspecified atom stereocenters. The van der Waals surface area contributed by atoms with Gasteiger partial charge in [0, 0.05) is 75.1 Å². The minimum Gasteiger partial charge on any atom is -0.345 e. The molecule has 0 saturated carbocycles. The van der Waals surface area contributed by atoms with E-state index in [0.29, 0.717) is 17.8 Å². The van der Waals surface area contributed by atoms with Crippen LogP contribution in [-0.4, -0.2) is 22.9 Å². The molecule has 1 aliphatic rings. The first-order valence-corrected chi connectivity index (χ1v) is 19.0. The van der Waals surface area contributed by atoms with Crippen LogP contribution < -0.4 is 21.3 Å². The number of benzene rings is 5. The van der Waals surface area contributed by atoms with E-state index in [2.05, 4.69) is 163 Å². The Morgan fingerprint density at radius 3 is 1.32 bits per heavy atom. The van der Waals surface area contributed by atoms with Gasteiger partial charge in [-0.05, 0) is 122 Å². The Hall–Kier alpha value is -4.44. The summed E-state index contributed by atoms with van der Waals surface area (Å²) in [7, 11) is 2.30. The third-order valence-electron chi connectivity index (χ3n) is 11.8. The molecule has 8 rings (SSSR count). The topological polar surface area (TPSA) is 13.1 Å². The van der Waals surface area contributed by atoms with Gasteiger partial charge in [-0.15, -0.1) is 0 Å². The molecule has 2 aromatic heterocycles. The summed E-state index contributed by atoms with van der Waals surface area (Å²) < 4.78 is 5.07. The molecule has 0 N–H and O–H groups in total. The summed E-state index contributed by atoms with van der Waals surface area (Å²) >= 11 is 0. The highest BCUT2D eigenvalue weighted by atomic mass is 15.1. The van der Waals surface area contributed by atoms with Crippen LogP contribution in [-0.2, 0) is 13.1 Å². The molecule has 1 aliphatic heterocycles. The van der Waals surface area contributed by atoms with Crippen molar-refractivity contribution in [2.24, 2.45) is 0 Å². The number of nitrogens with zero attached hydrogens (tertiary/aromatic N) is 3. The minimum absolute atomic E-state index is 0.108. The normalized spacial score (nSPS) is 13.3. The Kier molecular flexibility index (Phi) is 7.75. The number of rotatable bonds is 6. The molecular formula is C46H52BN3. The molecule has 0 spiro atoms. The zero-order valence-electron chi connectivity index (χ0n) is 32.0. The van der Waals surface area contributed by atoms with Gasteiger partial charge in [0.2, 0.25) is 6.71 Å². The summed E-state index contributed by atoms with van der Waals surface area (Å²) in [5, 5.41) is 5.40. The number of aromatic nitrogens is 2. The molecule has 3 nitrogen and oxygen atoms in total. The van der Waals surface area contributed by atoms with Gasteiger partial charge in [0.05, 0.1) is 0 Å². The van der Waals surface area contributed by atoms with Gasteiger partial charge in [-0.3, -0.25) is 0 Å². The second-order valence-electron chi connectivity index (χ2n) is 16.0. The van der Waals surface area contributed by atoms with E-state index in [1.807, 2.05) is 0 Å². The molecule has 0 bridgehead atoms. The number of anilines is 2. The maximum Gasteiger partial charge on any atom is 0.247 e. The van der Waals surface area contributed by atoms with Gasteiger partial charge in [0.15, 0.2) is 0 Å². The third kappa shape index (κ3) is 4.70. The monoisotopic (exact) mass is 657 g/mol. The van der Waals surface area contributed by atoms with Crippen molar-refractivity contribution >= 4 is 78.1 Å². The molecule has 0 fully saturated rings. The van der Waals surface area contributed by atoms with Crippen LogP contribution in [0.2, 0.25) is 0 Å². The quantitative estimate of drug-likeness (QED) is 0.162. The number of aryl methyl sites for hydroxylation is 4. The molecule has 254 valence electrons. The summed E-state index contributed by atoms with van der Waals surface area (Å²) in [5.74, 6) is 1.27. The highest BCUT2D eigenvalue weighted by Crippen LogP contribution is 2.39. The third-order valence-corrected chi connectivity index (χ3v) is 11.8. The van der Waals surface area contributed by atoms with Crippen molar-refractivity contribution in [1.82, 2.24) is 9.13 Å². The van der Waals surface area contributed by atoms with E-state index in [-0.39, 0.29) is 6.71 Å². The number of fused-ring (bicyclic) bond motifs is 8. The maximum absolute atomic E-state index is 2.57. The summed E-state index contributed by atoms with van der Waals surface area (Å²) in [6.45, 7) is 25.2. The standard InChI is InChI=1S/C46H52BN3/c1-12-49-40-16-14-29(9)18-34(40)36-22-44-38(24-42(36)49)47(46-32(27(5)6)20-31(26(3)4)21-33(46)28(7)8)39-25-43-37(23-45(39)48(44)11)35-19-30(10)15-17-41(35)50(43)13-2/h14-28H,12-13H2,1-11H3. The lowest BCUT2D eigenvalue weighted by molar-refractivity contribution is 0.812. The van der Waals surface area contributed by atoms with Gasteiger partial charge in [-0.1, -0.05) is 82.4 Å². The fourth-order valence-electron chi connectivity index (χ4n) is 9.20. The minimum atomic E-state index is 0.108. The molecule has 0 saturated heterocycles. The molecule has 0 atom stereocenters. The second kappa shape index (κ2) is 11.8. The van der Waals surface area contributed by atoms with E-state index in [1.165, 1.54) is 99.2 Å². The maximum atomic E-state index is 2.57. The lowest BCUT2D eigenvalue weighted by Crippen LogP contribution is -2.59. The average Bonchev–Trinajstić information content (AvgIpc) is 3.56. The van der Waals surface area contributed by atoms with Crippen molar-refractivity contribution in [3.05, 3.63) is 101 Å². The van der Waals surface area contributed by atoms with E-state index in [9.17, 15) is 0 Å². The summed E-state index contributed by atoms with van der Waals surface area (Å²) in [6.07, 6.45) is 0. The van der Waals surface area contributed by atoms with Gasteiger partial charge in [-0.25, -0.2) is 0 Å². The second-order valence-corrected chi connectivity index (χ2v) is 16.0. The van der Waals surface area contributed by atoms with Crippen molar-refractivity contribution in [2.75, 3.05) is 11.9 Å². The van der Waals surface area contributed by atoms with Crippen LogP contribution in [0.4, 0.5) is 11.4 Å². The van der Waals surface area contributed by atoms with Gasteiger partial charge < -0.3 is 14.0 Å². The Balaban J connectivity index is 1.55. The van der Waals surface area contributed by atoms with E-state index in [4.69, 9.17) is 0 Å². The van der Waals surface area contributed by atoms with Crippen LogP contribution in [0, 0.1) is 13.8 Å². The molecule has 50 heavy (non-hydrogen) atoms. The van der Waals surface area contributed by atoms with E-state index < -0.39 is 0 Å². The molecule has 4 heteroatoms. The fraction of sp³-hybridized carbons (Fsp3) is 0.348. The van der Waals surface area contributed by atoms with Crippen LogP contribution in [0.15, 0.2) is 72.8 Å². The van der Waals surface area contributed by atoms with Crippen LogP contribution in [0.5, 0.6) is 0 Å². The van der Waals surface area contributed by atoms with Crippen molar-refractivity contribution in [2.45, 2.75) is 100 Å². The predicted octanol–water partition coefficient (Wildman–Crippen LogP) is 10.5. The molecule has 0 radical (unpaired) electrons. The van der Waals surface area contributed by atoms with E-state index in [1.54, 1.807) is 0 Å². The van der Waals surface area contributed by atoms with Crippen LogP contribution in [0.25, 0.3) is 43.6 Å². The van der Waals surface area contributed by atoms with Crippen molar-refractivity contribution < 1.29 is 0 Å². The lowest BCUT2D eigenvalue weighted by Gasteiger charge is -2.37. The Bertz CT molecular complexity index is 2320. The largest absolute Gasteiger partial charge is 0.345 e. The molecule has 3 heterocycles. The summed E-state index contributed by atoms with van der Waals surface area (Å²) in [5.41, 5.74) is 19.3. The molecule has 0 amide bonds. The SMILES string of the molecule is CCn1c2ccc(C)cc2c2cc3c(cc21)B(c1c(C(C)C)cc(C(C)C)cc1C(C)C)c1cc2c(cc1N3C)c1cc(C)ccc1n2CC. The molecular weight excluding hydrogens is 605 g/mol. The Morgan fingerprint density at radius 1 is 0.520 bits per heavy atom. The number of hydrogen-bond donors (Lipinski definition) is 0. The van der Waals surface area contributed by atoms with Crippen molar-refractivity contribution in [1.29, 1.82) is 0 Å². The summed E-state index contributed by atoms with van der Waals surface area (Å²) in [6, 6.07) is 29.2. The van der Waals surface area contributed by atoms with Crippen molar-refractivity contribution in [3.8, 4) is 0 Å². The first kappa shape index (κ1) is 32.8. The lowest BCUT2D eigenvalue weighted by atomic mass is 9.33. The van der Waals surface area contributed by atoms with E-state index >= 15 is 0 Å². The highest BCUT2D eigenvalue weighted by molar-refractivity contribution is 6.98. The van der Waals surface area contributed by atoms with Gasteiger partial charge in [0.25, 0.3) is 0 Å². The van der Waals surface area contributed by atoms with Gasteiger partial charge in [-0.2, -0.15) is 0 Å².